The summed E-state index contributed by atoms with van der Waals surface area (Å²) in [4.78, 5) is 24.1. The highest BCUT2D eigenvalue weighted by Gasteiger charge is 2.18. The van der Waals surface area contributed by atoms with Crippen LogP contribution in [0.25, 0.3) is 0 Å². The zero-order chi connectivity index (χ0) is 20.9. The second kappa shape index (κ2) is 9.05. The third kappa shape index (κ3) is 5.22. The van der Waals surface area contributed by atoms with Gasteiger partial charge >= 0.3 is 5.97 Å². The maximum atomic E-state index is 12.1. The largest absolute Gasteiger partial charge is 0.495 e. The van der Waals surface area contributed by atoms with E-state index in [0.717, 1.165) is 4.31 Å². The predicted octanol–water partition coefficient (Wildman–Crippen LogP) is 2.39. The van der Waals surface area contributed by atoms with Crippen molar-refractivity contribution in [3.8, 4) is 5.75 Å². The number of nitrogens with zero attached hydrogens (tertiary/aromatic N) is 1. The van der Waals surface area contributed by atoms with Crippen molar-refractivity contribution in [1.82, 2.24) is 4.31 Å². The maximum absolute atomic E-state index is 12.1. The molecule has 1 amide bonds. The van der Waals surface area contributed by atoms with Crippen molar-refractivity contribution in [3.63, 3.8) is 0 Å². The molecule has 0 fully saturated rings. The summed E-state index contributed by atoms with van der Waals surface area (Å²) < 4.78 is 35.2. The third-order valence-electron chi connectivity index (χ3n) is 3.64. The van der Waals surface area contributed by atoms with E-state index in [-0.39, 0.29) is 10.5 Å². The predicted molar refractivity (Wildman–Crippen MR) is 104 cm³/mol. The Morgan fingerprint density at radius 2 is 1.75 bits per heavy atom. The van der Waals surface area contributed by atoms with E-state index in [2.05, 4.69) is 5.32 Å². The first kappa shape index (κ1) is 21.7. The molecule has 0 bridgehead atoms. The number of hydrogen-bond donors (Lipinski definition) is 1. The van der Waals surface area contributed by atoms with E-state index in [9.17, 15) is 18.0 Å². The lowest BCUT2D eigenvalue weighted by Gasteiger charge is -2.12. The van der Waals surface area contributed by atoms with E-state index in [0.29, 0.717) is 16.5 Å². The summed E-state index contributed by atoms with van der Waals surface area (Å²) in [7, 11) is 0.664. The molecular weight excluding hydrogens is 408 g/mol. The number of methoxy groups -OCH3 is 1. The number of anilines is 1. The zero-order valence-electron chi connectivity index (χ0n) is 15.4. The summed E-state index contributed by atoms with van der Waals surface area (Å²) in [6, 6.07) is 9.92. The smallest absolute Gasteiger partial charge is 0.338 e. The molecule has 0 unspecified atom stereocenters. The first-order chi connectivity index (χ1) is 13.1. The second-order valence-electron chi connectivity index (χ2n) is 5.78. The fourth-order valence-corrected chi connectivity index (χ4v) is 3.23. The van der Waals surface area contributed by atoms with E-state index in [1.807, 2.05) is 0 Å². The number of carbonyl (C=O) groups excluding carboxylic acids is 2. The molecule has 0 aliphatic rings. The van der Waals surface area contributed by atoms with Gasteiger partial charge in [-0.3, -0.25) is 4.79 Å². The number of halogens is 1. The molecular formula is C18H19ClN2O6S. The number of hydrogen-bond acceptors (Lipinski definition) is 6. The summed E-state index contributed by atoms with van der Waals surface area (Å²) >= 11 is 5.89. The molecule has 10 heteroatoms. The highest BCUT2D eigenvalue weighted by molar-refractivity contribution is 7.89. The van der Waals surface area contributed by atoms with E-state index in [1.54, 1.807) is 12.1 Å². The van der Waals surface area contributed by atoms with Crippen LogP contribution in [-0.2, 0) is 19.6 Å². The zero-order valence-corrected chi connectivity index (χ0v) is 17.0. The van der Waals surface area contributed by atoms with Gasteiger partial charge in [-0.25, -0.2) is 17.5 Å². The Balaban J connectivity index is 1.99. The van der Waals surface area contributed by atoms with Crippen LogP contribution < -0.4 is 10.1 Å². The van der Waals surface area contributed by atoms with Crippen LogP contribution in [0.1, 0.15) is 10.4 Å². The third-order valence-corrected chi connectivity index (χ3v) is 5.70. The second-order valence-corrected chi connectivity index (χ2v) is 8.37. The quantitative estimate of drug-likeness (QED) is 0.682. The summed E-state index contributed by atoms with van der Waals surface area (Å²) in [5.41, 5.74) is 0.458. The lowest BCUT2D eigenvalue weighted by molar-refractivity contribution is -0.119. The van der Waals surface area contributed by atoms with Crippen LogP contribution in [0.3, 0.4) is 0 Å². The Kier molecular flexibility index (Phi) is 7.00. The number of benzene rings is 2. The molecule has 2 rings (SSSR count). The topological polar surface area (TPSA) is 102 Å². The van der Waals surface area contributed by atoms with Gasteiger partial charge in [0.2, 0.25) is 10.0 Å². The molecule has 0 atom stereocenters. The number of esters is 1. The molecule has 8 nitrogen and oxygen atoms in total. The summed E-state index contributed by atoms with van der Waals surface area (Å²) in [5.74, 6) is -0.940. The average molecular weight is 427 g/mol. The van der Waals surface area contributed by atoms with Gasteiger partial charge in [-0.05, 0) is 42.5 Å². The monoisotopic (exact) mass is 426 g/mol. The number of carbonyl (C=O) groups is 2. The van der Waals surface area contributed by atoms with Gasteiger partial charge in [0.05, 0.1) is 23.3 Å². The number of ether oxygens (including phenoxy) is 2. The molecule has 0 saturated heterocycles. The van der Waals surface area contributed by atoms with Gasteiger partial charge in [-0.1, -0.05) is 11.6 Å². The molecule has 0 aromatic heterocycles. The van der Waals surface area contributed by atoms with Crippen LogP contribution in [0.2, 0.25) is 5.02 Å². The number of nitrogens with one attached hydrogen (secondary N) is 1. The van der Waals surface area contributed by atoms with Crippen LogP contribution in [0.4, 0.5) is 5.69 Å². The van der Waals surface area contributed by atoms with Gasteiger partial charge in [0.25, 0.3) is 5.91 Å². The standard InChI is InChI=1S/C18H19ClN2O6S/c1-21(2)28(24,25)14-7-4-12(5-8-14)18(23)27-11-17(22)20-15-10-13(19)6-9-16(15)26-3/h4-10H,11H2,1-3H3,(H,20,22). The van der Waals surface area contributed by atoms with Gasteiger partial charge in [0, 0.05) is 19.1 Å². The number of rotatable bonds is 7. The van der Waals surface area contributed by atoms with Gasteiger partial charge < -0.3 is 14.8 Å². The Bertz CT molecular complexity index is 974. The molecule has 0 aliphatic heterocycles. The number of amides is 1. The molecule has 1 N–H and O–H groups in total. The Labute approximate surface area is 168 Å². The molecule has 2 aromatic rings. The molecule has 0 spiro atoms. The van der Waals surface area contributed by atoms with Crippen LogP contribution in [0.5, 0.6) is 5.75 Å². The molecule has 0 heterocycles. The summed E-state index contributed by atoms with van der Waals surface area (Å²) in [5, 5.41) is 2.94. The minimum atomic E-state index is -3.60. The number of sulfonamides is 1. The van der Waals surface area contributed by atoms with Crippen molar-refractivity contribution in [1.29, 1.82) is 0 Å². The maximum Gasteiger partial charge on any atom is 0.338 e. The van der Waals surface area contributed by atoms with Crippen molar-refractivity contribution in [2.24, 2.45) is 0 Å². The SMILES string of the molecule is COc1ccc(Cl)cc1NC(=O)COC(=O)c1ccc(S(=O)(=O)N(C)C)cc1. The molecule has 150 valence electrons. The Morgan fingerprint density at radius 1 is 1.11 bits per heavy atom. The van der Waals surface area contributed by atoms with Crippen LogP contribution in [-0.4, -0.2) is 52.4 Å². The van der Waals surface area contributed by atoms with Crippen molar-refractivity contribution >= 4 is 39.2 Å². The molecule has 0 radical (unpaired) electrons. The van der Waals surface area contributed by atoms with Gasteiger partial charge in [-0.15, -0.1) is 0 Å². The molecule has 2 aromatic carbocycles. The van der Waals surface area contributed by atoms with Crippen molar-refractivity contribution in [3.05, 3.63) is 53.1 Å². The van der Waals surface area contributed by atoms with Crippen LogP contribution in [0, 0.1) is 0 Å². The van der Waals surface area contributed by atoms with Crippen molar-refractivity contribution < 1.29 is 27.5 Å². The molecule has 0 saturated carbocycles. The fourth-order valence-electron chi connectivity index (χ4n) is 2.15. The van der Waals surface area contributed by atoms with Gasteiger partial charge in [0.1, 0.15) is 5.75 Å². The lowest BCUT2D eigenvalue weighted by atomic mass is 10.2. The van der Waals surface area contributed by atoms with E-state index >= 15 is 0 Å². The lowest BCUT2D eigenvalue weighted by Crippen LogP contribution is -2.22. The van der Waals surface area contributed by atoms with Crippen LogP contribution >= 0.6 is 11.6 Å². The van der Waals surface area contributed by atoms with Crippen molar-refractivity contribution in [2.45, 2.75) is 4.90 Å². The molecule has 0 aliphatic carbocycles. The first-order valence-electron chi connectivity index (χ1n) is 7.98. The minimum Gasteiger partial charge on any atom is -0.495 e. The van der Waals surface area contributed by atoms with E-state index in [4.69, 9.17) is 21.1 Å². The van der Waals surface area contributed by atoms with Crippen molar-refractivity contribution in [2.75, 3.05) is 33.1 Å². The van der Waals surface area contributed by atoms with Crippen LogP contribution in [0.15, 0.2) is 47.4 Å². The summed E-state index contributed by atoms with van der Waals surface area (Å²) in [6.45, 7) is -0.535. The normalized spacial score (nSPS) is 11.2. The minimum absolute atomic E-state index is 0.0415. The highest BCUT2D eigenvalue weighted by Crippen LogP contribution is 2.27. The molecule has 28 heavy (non-hydrogen) atoms. The first-order valence-corrected chi connectivity index (χ1v) is 9.80. The van der Waals surface area contributed by atoms with E-state index < -0.39 is 28.5 Å². The fraction of sp³-hybridized carbons (Fsp3) is 0.222. The Hall–Kier alpha value is -2.62. The van der Waals surface area contributed by atoms with Gasteiger partial charge in [0.15, 0.2) is 6.61 Å². The average Bonchev–Trinajstić information content (AvgIpc) is 2.66. The summed E-state index contributed by atoms with van der Waals surface area (Å²) in [6.07, 6.45) is 0. The van der Waals surface area contributed by atoms with Gasteiger partial charge in [-0.2, -0.15) is 0 Å². The highest BCUT2D eigenvalue weighted by atomic mass is 35.5. The Morgan fingerprint density at radius 3 is 2.32 bits per heavy atom. The van der Waals surface area contributed by atoms with E-state index in [1.165, 1.54) is 51.5 Å².